The second-order valence-corrected chi connectivity index (χ2v) is 14.2. The summed E-state index contributed by atoms with van der Waals surface area (Å²) in [5, 5.41) is 2.44. The first-order valence-corrected chi connectivity index (χ1v) is 18.6. The lowest BCUT2D eigenvalue weighted by atomic mass is 9.99. The van der Waals surface area contributed by atoms with Crippen LogP contribution in [0.25, 0.3) is 76.1 Å². The summed E-state index contributed by atoms with van der Waals surface area (Å²) < 4.78 is 8.68. The number of fused-ring (bicyclic) bond motifs is 4. The summed E-state index contributed by atoms with van der Waals surface area (Å²) in [5.41, 5.74) is 13.2. The van der Waals surface area contributed by atoms with Crippen LogP contribution in [0.3, 0.4) is 0 Å². The van der Waals surface area contributed by atoms with Gasteiger partial charge in [-0.25, -0.2) is 4.98 Å². The molecule has 3 nitrogen and oxygen atoms in total. The molecule has 2 aromatic heterocycles. The van der Waals surface area contributed by atoms with Gasteiger partial charge in [-0.05, 0) is 94.0 Å². The van der Waals surface area contributed by atoms with Crippen molar-refractivity contribution in [1.82, 2.24) is 4.98 Å². The topological polar surface area (TPSA) is 29.3 Å². The number of para-hydroxylation sites is 1. The number of nitrogens with zero attached hydrogens (tertiary/aromatic N) is 2. The van der Waals surface area contributed by atoms with Crippen molar-refractivity contribution in [3.05, 3.63) is 194 Å². The van der Waals surface area contributed by atoms with E-state index in [1.165, 1.54) is 53.6 Å². The Labute approximate surface area is 311 Å². The standard InChI is InChI=1S/C49H32N2OS/c1-4-12-33(13-5-1)37-16-10-17-38(30-37)34-22-26-40(27-23-34)51(39-18-8-3-9-19-39)41-28-24-35(25-29-41)42-20-11-21-43-44-31-45-46(32-47(44)53-48(42)43)52-49(50-45)36-14-6-2-7-15-36/h1-32H. The lowest BCUT2D eigenvalue weighted by Crippen LogP contribution is -2.09. The smallest absolute Gasteiger partial charge is 0.227 e. The monoisotopic (exact) mass is 696 g/mol. The highest BCUT2D eigenvalue weighted by molar-refractivity contribution is 7.26. The second-order valence-electron chi connectivity index (χ2n) is 13.2. The molecule has 0 saturated carbocycles. The normalized spacial score (nSPS) is 11.4. The fourth-order valence-corrected chi connectivity index (χ4v) is 8.53. The van der Waals surface area contributed by atoms with Crippen LogP contribution in [0.15, 0.2) is 199 Å². The molecule has 0 spiro atoms. The molecule has 0 bridgehead atoms. The molecular formula is C49H32N2OS. The van der Waals surface area contributed by atoms with E-state index in [0.717, 1.165) is 33.7 Å². The van der Waals surface area contributed by atoms with Crippen LogP contribution in [-0.2, 0) is 0 Å². The van der Waals surface area contributed by atoms with E-state index in [9.17, 15) is 0 Å². The lowest BCUT2D eigenvalue weighted by molar-refractivity contribution is 0.620. The van der Waals surface area contributed by atoms with Gasteiger partial charge < -0.3 is 9.32 Å². The van der Waals surface area contributed by atoms with E-state index in [4.69, 9.17) is 9.40 Å². The Kier molecular flexibility index (Phi) is 7.67. The average Bonchev–Trinajstić information content (AvgIpc) is 3.82. The summed E-state index contributed by atoms with van der Waals surface area (Å²) >= 11 is 1.81. The van der Waals surface area contributed by atoms with Gasteiger partial charge in [0.2, 0.25) is 5.89 Å². The van der Waals surface area contributed by atoms with E-state index >= 15 is 0 Å². The van der Waals surface area contributed by atoms with Gasteiger partial charge in [0, 0.05) is 48.9 Å². The molecule has 10 rings (SSSR count). The largest absolute Gasteiger partial charge is 0.436 e. The number of benzene rings is 8. The minimum Gasteiger partial charge on any atom is -0.436 e. The van der Waals surface area contributed by atoms with Crippen molar-refractivity contribution in [2.75, 3.05) is 4.90 Å². The molecular weight excluding hydrogens is 665 g/mol. The summed E-state index contributed by atoms with van der Waals surface area (Å²) in [6, 6.07) is 68.7. The van der Waals surface area contributed by atoms with Crippen LogP contribution in [0.4, 0.5) is 17.1 Å². The summed E-state index contributed by atoms with van der Waals surface area (Å²) in [6.45, 7) is 0. The molecule has 53 heavy (non-hydrogen) atoms. The zero-order valence-electron chi connectivity index (χ0n) is 28.7. The van der Waals surface area contributed by atoms with Crippen molar-refractivity contribution < 1.29 is 4.42 Å². The maximum absolute atomic E-state index is 6.22. The first-order chi connectivity index (χ1) is 26.2. The third kappa shape index (κ3) is 5.76. The van der Waals surface area contributed by atoms with Gasteiger partial charge in [0.25, 0.3) is 0 Å². The van der Waals surface area contributed by atoms with Crippen molar-refractivity contribution >= 4 is 59.7 Å². The number of hydrogen-bond donors (Lipinski definition) is 0. The van der Waals surface area contributed by atoms with Crippen LogP contribution < -0.4 is 4.90 Å². The molecule has 8 aromatic carbocycles. The number of oxazole rings is 1. The summed E-state index contributed by atoms with van der Waals surface area (Å²) in [4.78, 5) is 7.16. The highest BCUT2D eigenvalue weighted by atomic mass is 32.1. The Morgan fingerprint density at radius 2 is 0.962 bits per heavy atom. The minimum absolute atomic E-state index is 0.650. The minimum atomic E-state index is 0.650. The van der Waals surface area contributed by atoms with E-state index in [1.807, 2.05) is 41.7 Å². The fraction of sp³-hybridized carbons (Fsp3) is 0. The van der Waals surface area contributed by atoms with Crippen LogP contribution in [0.2, 0.25) is 0 Å². The van der Waals surface area contributed by atoms with Gasteiger partial charge >= 0.3 is 0 Å². The van der Waals surface area contributed by atoms with Gasteiger partial charge in [-0.1, -0.05) is 127 Å². The predicted molar refractivity (Wildman–Crippen MR) is 223 cm³/mol. The van der Waals surface area contributed by atoms with Crippen molar-refractivity contribution in [3.8, 4) is 44.8 Å². The van der Waals surface area contributed by atoms with Gasteiger partial charge in [-0.15, -0.1) is 11.3 Å². The third-order valence-corrected chi connectivity index (χ3v) is 11.1. The molecule has 0 aliphatic heterocycles. The molecule has 0 unspecified atom stereocenters. The van der Waals surface area contributed by atoms with Gasteiger partial charge in [-0.2, -0.15) is 0 Å². The summed E-state index contributed by atoms with van der Waals surface area (Å²) in [6.07, 6.45) is 0. The van der Waals surface area contributed by atoms with Crippen LogP contribution in [0.1, 0.15) is 0 Å². The van der Waals surface area contributed by atoms with Crippen molar-refractivity contribution in [2.24, 2.45) is 0 Å². The van der Waals surface area contributed by atoms with E-state index in [2.05, 4.69) is 169 Å². The zero-order valence-corrected chi connectivity index (χ0v) is 29.5. The van der Waals surface area contributed by atoms with E-state index in [0.29, 0.717) is 5.89 Å². The Morgan fingerprint density at radius 1 is 0.415 bits per heavy atom. The van der Waals surface area contributed by atoms with Gasteiger partial charge in [-0.3, -0.25) is 0 Å². The molecule has 0 amide bonds. The van der Waals surface area contributed by atoms with Gasteiger partial charge in [0.1, 0.15) is 5.52 Å². The number of anilines is 3. The molecule has 250 valence electrons. The Hall–Kier alpha value is -6.75. The predicted octanol–water partition coefficient (Wildman–Crippen LogP) is 14.3. The summed E-state index contributed by atoms with van der Waals surface area (Å²) in [7, 11) is 0. The molecule has 0 radical (unpaired) electrons. The van der Waals surface area contributed by atoms with Crippen LogP contribution in [0, 0.1) is 0 Å². The molecule has 0 aliphatic rings. The maximum atomic E-state index is 6.22. The SMILES string of the molecule is c1ccc(-c2cccc(-c3ccc(N(c4ccccc4)c4ccc(-c5cccc6c5sc5cc7oc(-c8ccccc8)nc7cc56)cc4)cc3)c2)cc1. The number of hydrogen-bond acceptors (Lipinski definition) is 4. The van der Waals surface area contributed by atoms with Gasteiger partial charge in [0.05, 0.1) is 0 Å². The Bertz CT molecular complexity index is 2860. The average molecular weight is 697 g/mol. The Balaban J connectivity index is 0.986. The van der Waals surface area contributed by atoms with Crippen LogP contribution in [0.5, 0.6) is 0 Å². The van der Waals surface area contributed by atoms with Gasteiger partial charge in [0.15, 0.2) is 5.58 Å². The highest BCUT2D eigenvalue weighted by Gasteiger charge is 2.17. The molecule has 0 fully saturated rings. The zero-order chi connectivity index (χ0) is 35.1. The molecule has 0 atom stereocenters. The van der Waals surface area contributed by atoms with Crippen molar-refractivity contribution in [2.45, 2.75) is 0 Å². The third-order valence-electron chi connectivity index (χ3n) is 9.91. The van der Waals surface area contributed by atoms with Crippen LogP contribution >= 0.6 is 11.3 Å². The van der Waals surface area contributed by atoms with E-state index in [-0.39, 0.29) is 0 Å². The molecule has 0 aliphatic carbocycles. The number of thiophene rings is 1. The molecule has 0 saturated heterocycles. The number of aromatic nitrogens is 1. The first kappa shape index (κ1) is 31.0. The number of rotatable bonds is 7. The van der Waals surface area contributed by atoms with Crippen molar-refractivity contribution in [3.63, 3.8) is 0 Å². The fourth-order valence-electron chi connectivity index (χ4n) is 7.28. The quantitative estimate of drug-likeness (QED) is 0.166. The van der Waals surface area contributed by atoms with E-state index < -0.39 is 0 Å². The highest BCUT2D eigenvalue weighted by Crippen LogP contribution is 2.43. The van der Waals surface area contributed by atoms with E-state index in [1.54, 1.807) is 0 Å². The molecule has 2 heterocycles. The molecule has 4 heteroatoms. The second kappa shape index (κ2) is 13.1. The first-order valence-electron chi connectivity index (χ1n) is 17.8. The molecule has 10 aromatic rings. The van der Waals surface area contributed by atoms with Crippen molar-refractivity contribution in [1.29, 1.82) is 0 Å². The van der Waals surface area contributed by atoms with Crippen LogP contribution in [-0.4, -0.2) is 4.98 Å². The summed E-state index contributed by atoms with van der Waals surface area (Å²) in [5.74, 6) is 0.650. The molecule has 0 N–H and O–H groups in total. The Morgan fingerprint density at radius 3 is 1.64 bits per heavy atom. The lowest BCUT2D eigenvalue weighted by Gasteiger charge is -2.26. The maximum Gasteiger partial charge on any atom is 0.227 e.